The lowest BCUT2D eigenvalue weighted by molar-refractivity contribution is -0.137. The summed E-state index contributed by atoms with van der Waals surface area (Å²) in [4.78, 5) is 3.72. The summed E-state index contributed by atoms with van der Waals surface area (Å²) in [7, 11) is -1.50. The van der Waals surface area contributed by atoms with E-state index in [2.05, 4.69) is 4.98 Å². The van der Waals surface area contributed by atoms with Crippen LogP contribution < -0.4 is 14.2 Å². The normalized spacial score (nSPS) is 12.1. The van der Waals surface area contributed by atoms with Crippen LogP contribution in [-0.2, 0) is 16.2 Å². The standard InChI is InChI=1S/C16H12F4N2O5S2/c1-25-12-6-13(28-14(12)26-2)29(23,24)22-15-21-11(7-27-15)9-5-8(16(18,19)20)3-4-10(9)17/h3-7H,1-2H3,(H,21,22). The number of thiophene rings is 1. The van der Waals surface area contributed by atoms with E-state index in [1.807, 2.05) is 4.72 Å². The van der Waals surface area contributed by atoms with Crippen molar-refractivity contribution in [1.29, 1.82) is 0 Å². The molecule has 0 saturated carbocycles. The highest BCUT2D eigenvalue weighted by atomic mass is 32.2. The summed E-state index contributed by atoms with van der Waals surface area (Å²) in [6.07, 6.45) is -3.85. The molecule has 0 aliphatic carbocycles. The Morgan fingerprint density at radius 1 is 1.17 bits per heavy atom. The first-order valence-electron chi connectivity index (χ1n) is 7.62. The second-order valence-electron chi connectivity index (χ2n) is 5.46. The van der Waals surface area contributed by atoms with E-state index in [1.54, 1.807) is 0 Å². The molecule has 2 aromatic heterocycles. The summed E-state index contributed by atoms with van der Waals surface area (Å²) in [6, 6.07) is 2.44. The number of oxazole rings is 1. The summed E-state index contributed by atoms with van der Waals surface area (Å²) in [5, 5.41) is 0.215. The molecule has 0 unspecified atom stereocenters. The molecule has 0 spiro atoms. The Hall–Kier alpha value is -2.80. The molecule has 0 radical (unpaired) electrons. The number of alkyl halides is 3. The van der Waals surface area contributed by atoms with Crippen LogP contribution in [-0.4, -0.2) is 27.6 Å². The van der Waals surface area contributed by atoms with Crippen molar-refractivity contribution in [3.05, 3.63) is 41.9 Å². The van der Waals surface area contributed by atoms with Crippen molar-refractivity contribution in [3.63, 3.8) is 0 Å². The van der Waals surface area contributed by atoms with Crippen LogP contribution in [0.5, 0.6) is 10.8 Å². The van der Waals surface area contributed by atoms with Crippen LogP contribution in [0.2, 0.25) is 0 Å². The number of hydrogen-bond acceptors (Lipinski definition) is 7. The summed E-state index contributed by atoms with van der Waals surface area (Å²) in [5.74, 6) is -0.787. The maximum absolute atomic E-state index is 14.0. The van der Waals surface area contributed by atoms with Crippen molar-refractivity contribution in [2.24, 2.45) is 0 Å². The number of halogens is 4. The average molecular weight is 452 g/mol. The molecule has 0 saturated heterocycles. The minimum Gasteiger partial charge on any atom is -0.492 e. The predicted molar refractivity (Wildman–Crippen MR) is 95.1 cm³/mol. The second kappa shape index (κ2) is 7.55. The van der Waals surface area contributed by atoms with Gasteiger partial charge in [0.25, 0.3) is 10.0 Å². The topological polar surface area (TPSA) is 90.7 Å². The highest BCUT2D eigenvalue weighted by molar-refractivity contribution is 7.94. The minimum absolute atomic E-state index is 0.184. The van der Waals surface area contributed by atoms with Gasteiger partial charge in [-0.2, -0.15) is 18.2 Å². The Morgan fingerprint density at radius 3 is 2.48 bits per heavy atom. The van der Waals surface area contributed by atoms with Crippen molar-refractivity contribution in [3.8, 4) is 22.1 Å². The van der Waals surface area contributed by atoms with Gasteiger partial charge in [-0.05, 0) is 18.2 Å². The lowest BCUT2D eigenvalue weighted by atomic mass is 10.1. The van der Waals surface area contributed by atoms with Crippen molar-refractivity contribution in [1.82, 2.24) is 4.98 Å². The first kappa shape index (κ1) is 20.9. The molecule has 13 heteroatoms. The smallest absolute Gasteiger partial charge is 0.416 e. The fourth-order valence-electron chi connectivity index (χ4n) is 2.26. The fraction of sp³-hybridized carbons (Fsp3) is 0.188. The largest absolute Gasteiger partial charge is 0.492 e. The molecule has 0 aliphatic rings. The first-order valence-corrected chi connectivity index (χ1v) is 9.92. The molecule has 0 aliphatic heterocycles. The van der Waals surface area contributed by atoms with Crippen molar-refractivity contribution >= 4 is 27.4 Å². The van der Waals surface area contributed by atoms with Crippen LogP contribution in [0.1, 0.15) is 5.56 Å². The number of aromatic nitrogens is 1. The molecule has 3 aromatic rings. The van der Waals surface area contributed by atoms with E-state index in [0.717, 1.165) is 17.6 Å². The Bertz CT molecular complexity index is 1120. The van der Waals surface area contributed by atoms with Gasteiger partial charge in [-0.15, -0.1) is 0 Å². The van der Waals surface area contributed by atoms with Crippen LogP contribution in [0.3, 0.4) is 0 Å². The van der Waals surface area contributed by atoms with Gasteiger partial charge in [-0.25, -0.2) is 17.5 Å². The maximum Gasteiger partial charge on any atom is 0.416 e. The van der Waals surface area contributed by atoms with Gasteiger partial charge in [0.05, 0.1) is 19.8 Å². The number of methoxy groups -OCH3 is 2. The number of rotatable bonds is 6. The van der Waals surface area contributed by atoms with Crippen LogP contribution in [0, 0.1) is 5.82 Å². The second-order valence-corrected chi connectivity index (χ2v) is 8.39. The monoisotopic (exact) mass is 452 g/mol. The SMILES string of the molecule is COc1cc(S(=O)(=O)Nc2nc(-c3cc(C(F)(F)F)ccc3F)co2)sc1OC. The van der Waals surface area contributed by atoms with E-state index >= 15 is 0 Å². The maximum atomic E-state index is 14.0. The van der Waals surface area contributed by atoms with Gasteiger partial charge in [0.1, 0.15) is 22.0 Å². The Morgan fingerprint density at radius 2 is 1.90 bits per heavy atom. The van der Waals surface area contributed by atoms with Crippen LogP contribution in [0.4, 0.5) is 23.6 Å². The molecule has 2 heterocycles. The molecule has 0 amide bonds. The van der Waals surface area contributed by atoms with Crippen molar-refractivity contribution < 1.29 is 39.9 Å². The number of ether oxygens (including phenoxy) is 2. The summed E-state index contributed by atoms with van der Waals surface area (Å²) in [5.41, 5.74) is -1.89. The number of anilines is 1. The molecule has 7 nitrogen and oxygen atoms in total. The Kier molecular flexibility index (Phi) is 5.45. The van der Waals surface area contributed by atoms with Gasteiger partial charge in [-0.1, -0.05) is 11.3 Å². The van der Waals surface area contributed by atoms with E-state index in [4.69, 9.17) is 13.9 Å². The Labute approximate surface area is 165 Å². The average Bonchev–Trinajstić information content (AvgIpc) is 3.27. The van der Waals surface area contributed by atoms with Gasteiger partial charge < -0.3 is 13.9 Å². The molecule has 0 bridgehead atoms. The zero-order chi connectivity index (χ0) is 21.4. The van der Waals surface area contributed by atoms with Crippen molar-refractivity contribution in [2.75, 3.05) is 18.9 Å². The molecular formula is C16H12F4N2O5S2. The molecule has 0 fully saturated rings. The quantitative estimate of drug-likeness (QED) is 0.559. The van der Waals surface area contributed by atoms with Crippen LogP contribution in [0.25, 0.3) is 11.3 Å². The lowest BCUT2D eigenvalue weighted by Gasteiger charge is -2.08. The van der Waals surface area contributed by atoms with E-state index < -0.39 is 39.2 Å². The summed E-state index contributed by atoms with van der Waals surface area (Å²) < 4.78 is 94.2. The Balaban J connectivity index is 1.90. The molecule has 3 rings (SSSR count). The van der Waals surface area contributed by atoms with Crippen molar-refractivity contribution in [2.45, 2.75) is 10.4 Å². The van der Waals surface area contributed by atoms with Crippen LogP contribution in [0.15, 0.2) is 39.2 Å². The molecule has 0 atom stereocenters. The number of benzene rings is 1. The zero-order valence-electron chi connectivity index (χ0n) is 14.7. The molecule has 156 valence electrons. The molecule has 1 N–H and O–H groups in total. The predicted octanol–water partition coefficient (Wildman–Crippen LogP) is 4.38. The molecule has 29 heavy (non-hydrogen) atoms. The van der Waals surface area contributed by atoms with Crippen LogP contribution >= 0.6 is 11.3 Å². The van der Waals surface area contributed by atoms with Gasteiger partial charge in [0.15, 0.2) is 5.75 Å². The van der Waals surface area contributed by atoms with E-state index in [1.165, 1.54) is 20.3 Å². The van der Waals surface area contributed by atoms with Gasteiger partial charge in [-0.3, -0.25) is 0 Å². The summed E-state index contributed by atoms with van der Waals surface area (Å²) >= 11 is 0.768. The third-order valence-corrected chi connectivity index (χ3v) is 6.48. The molecular weight excluding hydrogens is 440 g/mol. The number of nitrogens with zero attached hydrogens (tertiary/aromatic N) is 1. The van der Waals surface area contributed by atoms with Gasteiger partial charge in [0, 0.05) is 11.6 Å². The first-order chi connectivity index (χ1) is 13.5. The third-order valence-electron chi connectivity index (χ3n) is 3.61. The number of nitrogens with one attached hydrogen (secondary N) is 1. The van der Waals surface area contributed by atoms with E-state index in [0.29, 0.717) is 18.2 Å². The van der Waals surface area contributed by atoms with Gasteiger partial charge in [0.2, 0.25) is 5.06 Å². The third kappa shape index (κ3) is 4.29. The number of sulfonamides is 1. The van der Waals surface area contributed by atoms with E-state index in [-0.39, 0.29) is 20.7 Å². The van der Waals surface area contributed by atoms with Gasteiger partial charge >= 0.3 is 12.2 Å². The summed E-state index contributed by atoms with van der Waals surface area (Å²) in [6.45, 7) is 0. The highest BCUT2D eigenvalue weighted by Crippen LogP contribution is 2.40. The lowest BCUT2D eigenvalue weighted by Crippen LogP contribution is -2.11. The minimum atomic E-state index is -4.69. The number of hydrogen-bond donors (Lipinski definition) is 1. The van der Waals surface area contributed by atoms with E-state index in [9.17, 15) is 26.0 Å². The zero-order valence-corrected chi connectivity index (χ0v) is 16.3. The molecule has 1 aromatic carbocycles. The fourth-order valence-corrected chi connectivity index (χ4v) is 4.41. The highest BCUT2D eigenvalue weighted by Gasteiger charge is 2.32.